The minimum atomic E-state index is -0.356. The van der Waals surface area contributed by atoms with Gasteiger partial charge in [0.1, 0.15) is 19.3 Å². The Kier molecular flexibility index (Phi) is 25.8. The van der Waals surface area contributed by atoms with Crippen LogP contribution in [-0.2, 0) is 23.9 Å². The van der Waals surface area contributed by atoms with Crippen molar-refractivity contribution < 1.29 is 23.9 Å². The second-order valence-corrected chi connectivity index (χ2v) is 10.2. The summed E-state index contributed by atoms with van der Waals surface area (Å²) in [6, 6.07) is 0. The first-order chi connectivity index (χ1) is 18.1. The van der Waals surface area contributed by atoms with Gasteiger partial charge in [-0.15, -0.1) is 0 Å². The number of hydrogen-bond donors (Lipinski definition) is 0. The van der Waals surface area contributed by atoms with Gasteiger partial charge in [-0.2, -0.15) is 0 Å². The van der Waals surface area contributed by atoms with Crippen LogP contribution in [0.1, 0.15) is 143 Å². The SMILES string of the molecule is CCCCCC/C=C\COC(=O)CCCN(C=O)CC(=O)OC(CCCCCCC)CCCCCCC. The van der Waals surface area contributed by atoms with E-state index in [9.17, 15) is 14.4 Å². The molecule has 0 unspecified atom stereocenters. The van der Waals surface area contributed by atoms with E-state index >= 15 is 0 Å². The maximum atomic E-state index is 12.6. The van der Waals surface area contributed by atoms with Gasteiger partial charge in [-0.1, -0.05) is 104 Å². The average Bonchev–Trinajstić information content (AvgIpc) is 2.89. The molecule has 0 fully saturated rings. The summed E-state index contributed by atoms with van der Waals surface area (Å²) in [4.78, 5) is 37.4. The van der Waals surface area contributed by atoms with Crippen molar-refractivity contribution in [2.45, 2.75) is 149 Å². The first kappa shape index (κ1) is 35.2. The first-order valence-corrected chi connectivity index (χ1v) is 15.3. The molecule has 0 spiro atoms. The van der Waals surface area contributed by atoms with Gasteiger partial charge in [0.05, 0.1) is 0 Å². The van der Waals surface area contributed by atoms with Crippen molar-refractivity contribution in [2.75, 3.05) is 19.7 Å². The Hall–Kier alpha value is -1.85. The third-order valence-corrected chi connectivity index (χ3v) is 6.60. The maximum Gasteiger partial charge on any atom is 0.325 e. The highest BCUT2D eigenvalue weighted by Crippen LogP contribution is 2.16. The summed E-state index contributed by atoms with van der Waals surface area (Å²) in [7, 11) is 0. The minimum absolute atomic E-state index is 0.0680. The highest BCUT2D eigenvalue weighted by molar-refractivity contribution is 5.74. The Labute approximate surface area is 227 Å². The van der Waals surface area contributed by atoms with E-state index in [1.54, 1.807) is 0 Å². The van der Waals surface area contributed by atoms with Crippen LogP contribution in [0.25, 0.3) is 0 Å². The van der Waals surface area contributed by atoms with E-state index in [1.165, 1.54) is 81.9 Å². The fraction of sp³-hybridized carbons (Fsp3) is 0.839. The molecule has 0 heterocycles. The average molecular weight is 524 g/mol. The van der Waals surface area contributed by atoms with Crippen molar-refractivity contribution in [1.82, 2.24) is 4.90 Å². The normalized spacial score (nSPS) is 11.2. The first-order valence-electron chi connectivity index (χ1n) is 15.3. The maximum absolute atomic E-state index is 12.6. The van der Waals surface area contributed by atoms with Crippen molar-refractivity contribution in [1.29, 1.82) is 0 Å². The molecule has 0 N–H and O–H groups in total. The number of hydrogen-bond acceptors (Lipinski definition) is 5. The number of rotatable bonds is 27. The van der Waals surface area contributed by atoms with E-state index in [1.807, 2.05) is 6.08 Å². The van der Waals surface area contributed by atoms with E-state index < -0.39 is 0 Å². The number of allylic oxidation sites excluding steroid dienone is 1. The molecule has 1 amide bonds. The molecule has 0 aliphatic heterocycles. The molecule has 37 heavy (non-hydrogen) atoms. The summed E-state index contributed by atoms with van der Waals surface area (Å²) in [5.41, 5.74) is 0. The summed E-state index contributed by atoms with van der Waals surface area (Å²) in [6.45, 7) is 7.16. The zero-order valence-electron chi connectivity index (χ0n) is 24.4. The van der Waals surface area contributed by atoms with Crippen molar-refractivity contribution in [2.24, 2.45) is 0 Å². The molecule has 216 valence electrons. The molecule has 0 aliphatic carbocycles. The lowest BCUT2D eigenvalue weighted by Gasteiger charge is -2.21. The van der Waals surface area contributed by atoms with Crippen molar-refractivity contribution in [3.63, 3.8) is 0 Å². The molecule has 0 saturated carbocycles. The van der Waals surface area contributed by atoms with Crippen LogP contribution in [-0.4, -0.2) is 49.0 Å². The van der Waals surface area contributed by atoms with Gasteiger partial charge in [0.15, 0.2) is 0 Å². The molecule has 0 atom stereocenters. The Bertz CT molecular complexity index is 564. The third-order valence-electron chi connectivity index (χ3n) is 6.60. The highest BCUT2D eigenvalue weighted by Gasteiger charge is 2.17. The summed E-state index contributed by atoms with van der Waals surface area (Å²) < 4.78 is 11.0. The van der Waals surface area contributed by atoms with Gasteiger partial charge in [0.25, 0.3) is 0 Å². The molecule has 0 aromatic heterocycles. The number of ether oxygens (including phenoxy) is 2. The van der Waals surface area contributed by atoms with Crippen LogP contribution in [0.2, 0.25) is 0 Å². The van der Waals surface area contributed by atoms with Crippen LogP contribution in [0.4, 0.5) is 0 Å². The highest BCUT2D eigenvalue weighted by atomic mass is 16.5. The lowest BCUT2D eigenvalue weighted by molar-refractivity contribution is -0.152. The fourth-order valence-electron chi connectivity index (χ4n) is 4.29. The Morgan fingerprint density at radius 2 is 1.27 bits per heavy atom. The van der Waals surface area contributed by atoms with Crippen LogP contribution in [0.15, 0.2) is 12.2 Å². The largest absolute Gasteiger partial charge is 0.461 e. The summed E-state index contributed by atoms with van der Waals surface area (Å²) in [6.07, 6.45) is 24.8. The van der Waals surface area contributed by atoms with E-state index in [0.29, 0.717) is 19.4 Å². The summed E-state index contributed by atoms with van der Waals surface area (Å²) >= 11 is 0. The van der Waals surface area contributed by atoms with Crippen molar-refractivity contribution in [3.05, 3.63) is 12.2 Å². The Morgan fingerprint density at radius 1 is 0.703 bits per heavy atom. The molecule has 6 heteroatoms. The molecule has 0 radical (unpaired) electrons. The lowest BCUT2D eigenvalue weighted by atomic mass is 10.0. The molecule has 0 bridgehead atoms. The van der Waals surface area contributed by atoms with Gasteiger partial charge >= 0.3 is 11.9 Å². The number of amides is 1. The standard InChI is InChI=1S/C31H57NO5/c1-4-7-10-13-14-17-20-26-36-30(34)24-21-25-32(28-33)27-31(35)37-29(22-18-15-11-8-5-2)23-19-16-12-9-6-3/h17,20,28-29H,4-16,18-19,21-27H2,1-3H3/b20-17-. The Morgan fingerprint density at radius 3 is 1.84 bits per heavy atom. The second-order valence-electron chi connectivity index (χ2n) is 10.2. The van der Waals surface area contributed by atoms with Gasteiger partial charge in [0.2, 0.25) is 6.41 Å². The predicted molar refractivity (Wildman–Crippen MR) is 152 cm³/mol. The molecular formula is C31H57NO5. The van der Waals surface area contributed by atoms with Gasteiger partial charge in [-0.25, -0.2) is 0 Å². The summed E-state index contributed by atoms with van der Waals surface area (Å²) in [5, 5.41) is 0. The zero-order valence-corrected chi connectivity index (χ0v) is 24.4. The fourth-order valence-corrected chi connectivity index (χ4v) is 4.29. The van der Waals surface area contributed by atoms with Crippen LogP contribution in [0.3, 0.4) is 0 Å². The molecule has 0 aliphatic rings. The van der Waals surface area contributed by atoms with Gasteiger partial charge < -0.3 is 14.4 Å². The number of unbranched alkanes of at least 4 members (excludes halogenated alkanes) is 12. The molecule has 0 saturated heterocycles. The van der Waals surface area contributed by atoms with Crippen LogP contribution in [0, 0.1) is 0 Å². The second kappa shape index (κ2) is 27.2. The van der Waals surface area contributed by atoms with Crippen LogP contribution in [0.5, 0.6) is 0 Å². The third kappa shape index (κ3) is 24.3. The minimum Gasteiger partial charge on any atom is -0.461 e. The number of nitrogens with zero attached hydrogens (tertiary/aromatic N) is 1. The number of esters is 2. The molecule has 0 aromatic rings. The summed E-state index contributed by atoms with van der Waals surface area (Å²) in [5.74, 6) is -0.638. The number of carbonyl (C=O) groups excluding carboxylic acids is 3. The zero-order chi connectivity index (χ0) is 27.4. The molecule has 6 nitrogen and oxygen atoms in total. The topological polar surface area (TPSA) is 72.9 Å². The van der Waals surface area contributed by atoms with Crippen LogP contribution < -0.4 is 0 Å². The quantitative estimate of drug-likeness (QED) is 0.0473. The van der Waals surface area contributed by atoms with Crippen LogP contribution >= 0.6 is 0 Å². The molecule has 0 aromatic carbocycles. The molecular weight excluding hydrogens is 466 g/mol. The van der Waals surface area contributed by atoms with Gasteiger partial charge in [-0.05, 0) is 44.9 Å². The Balaban J connectivity index is 4.26. The van der Waals surface area contributed by atoms with Gasteiger partial charge in [0, 0.05) is 13.0 Å². The molecule has 0 rings (SSSR count). The van der Waals surface area contributed by atoms with E-state index in [-0.39, 0.29) is 37.6 Å². The van der Waals surface area contributed by atoms with Gasteiger partial charge in [-0.3, -0.25) is 14.4 Å². The van der Waals surface area contributed by atoms with E-state index in [2.05, 4.69) is 26.8 Å². The van der Waals surface area contributed by atoms with E-state index in [0.717, 1.165) is 32.1 Å². The van der Waals surface area contributed by atoms with E-state index in [4.69, 9.17) is 9.47 Å². The lowest BCUT2D eigenvalue weighted by Crippen LogP contribution is -2.33. The smallest absolute Gasteiger partial charge is 0.325 e. The van der Waals surface area contributed by atoms with Crippen molar-refractivity contribution in [3.8, 4) is 0 Å². The monoisotopic (exact) mass is 523 g/mol. The van der Waals surface area contributed by atoms with Crippen molar-refractivity contribution >= 4 is 18.3 Å². The predicted octanol–water partition coefficient (Wildman–Crippen LogP) is 7.93. The number of carbonyl (C=O) groups is 3.